The standard InChI is InChI=1S/C29H32IO5/c1-19(2)27(32)35-28(3)21-13-20-14-22(28)17-29(15-20,16-21)34-26(31)18-33-25-11-9-24(10-12-25)30-23-7-5-4-6-8-23/h4-12,20-22H,1,13-18H2,2-3H3/q-1. The summed E-state index contributed by atoms with van der Waals surface area (Å²) in [5.41, 5.74) is -0.548. The molecule has 6 rings (SSSR count). The minimum atomic E-state index is -0.510. The number of esters is 2. The first-order valence-electron chi connectivity index (χ1n) is 12.3. The third kappa shape index (κ3) is 5.13. The molecule has 0 spiro atoms. The van der Waals surface area contributed by atoms with Gasteiger partial charge in [0.2, 0.25) is 0 Å². The van der Waals surface area contributed by atoms with Crippen LogP contribution in [-0.4, -0.2) is 29.7 Å². The Kier molecular flexibility index (Phi) is 6.68. The molecule has 0 saturated heterocycles. The molecule has 2 aromatic carbocycles. The molecule has 186 valence electrons. The molecule has 4 saturated carbocycles. The summed E-state index contributed by atoms with van der Waals surface area (Å²) in [6.07, 6.45) is 4.41. The molecule has 2 aromatic rings. The molecule has 0 amide bonds. The van der Waals surface area contributed by atoms with E-state index in [0.29, 0.717) is 17.2 Å². The summed E-state index contributed by atoms with van der Waals surface area (Å²) in [5, 5.41) is 0. The molecule has 4 fully saturated rings. The fourth-order valence-corrected chi connectivity index (χ4v) is 8.52. The second-order valence-corrected chi connectivity index (χ2v) is 13.5. The van der Waals surface area contributed by atoms with Crippen LogP contribution in [0.25, 0.3) is 0 Å². The maximum absolute atomic E-state index is 12.8. The topological polar surface area (TPSA) is 61.8 Å². The summed E-state index contributed by atoms with van der Waals surface area (Å²) in [6, 6.07) is 18.5. The van der Waals surface area contributed by atoms with Crippen LogP contribution in [0.15, 0.2) is 66.7 Å². The van der Waals surface area contributed by atoms with Gasteiger partial charge in [0.25, 0.3) is 0 Å². The average Bonchev–Trinajstić information content (AvgIpc) is 2.82. The van der Waals surface area contributed by atoms with Gasteiger partial charge in [-0.15, -0.1) is 0 Å². The first kappa shape index (κ1) is 24.3. The fourth-order valence-electron chi connectivity index (χ4n) is 6.30. The van der Waals surface area contributed by atoms with Gasteiger partial charge in [-0.05, 0) is 13.8 Å². The van der Waals surface area contributed by atoms with E-state index in [1.165, 1.54) is 7.14 Å². The molecule has 4 aliphatic rings. The Bertz CT molecular complexity index is 1090. The minimum absolute atomic E-state index is 0.100. The van der Waals surface area contributed by atoms with Crippen LogP contribution in [0.1, 0.15) is 46.0 Å². The number of carbonyl (C=O) groups excluding carboxylic acids is 2. The van der Waals surface area contributed by atoms with E-state index in [4.69, 9.17) is 14.2 Å². The van der Waals surface area contributed by atoms with E-state index in [1.807, 2.05) is 18.2 Å². The molecule has 4 aliphatic carbocycles. The SMILES string of the molecule is C=C(C)C(=O)OC1(C)C2CC3CC1CC(OC(=O)COc1ccc([I-]c4ccccc4)cc1)(C3)C2. The Morgan fingerprint density at radius 3 is 2.20 bits per heavy atom. The number of carbonyl (C=O) groups is 2. The Morgan fingerprint density at radius 2 is 1.57 bits per heavy atom. The zero-order valence-electron chi connectivity index (χ0n) is 20.3. The van der Waals surface area contributed by atoms with Crippen molar-refractivity contribution in [2.24, 2.45) is 17.8 Å². The van der Waals surface area contributed by atoms with Crippen molar-refractivity contribution in [2.45, 2.75) is 57.2 Å². The quantitative estimate of drug-likeness (QED) is 0.270. The molecule has 0 N–H and O–H groups in total. The Labute approximate surface area is 217 Å². The molecule has 0 radical (unpaired) electrons. The second kappa shape index (κ2) is 9.60. The fraction of sp³-hybridized carbons (Fsp3) is 0.448. The van der Waals surface area contributed by atoms with Crippen LogP contribution in [0, 0.1) is 24.9 Å². The zero-order chi connectivity index (χ0) is 24.6. The monoisotopic (exact) mass is 587 g/mol. The number of ether oxygens (including phenoxy) is 3. The number of hydrogen-bond acceptors (Lipinski definition) is 5. The summed E-state index contributed by atoms with van der Waals surface area (Å²) < 4.78 is 20.5. The Hall–Kier alpha value is -2.35. The molecular formula is C29H32IO5-. The molecule has 2 atom stereocenters. The van der Waals surface area contributed by atoms with Crippen LogP contribution < -0.4 is 25.9 Å². The van der Waals surface area contributed by atoms with Crippen molar-refractivity contribution in [1.29, 1.82) is 0 Å². The van der Waals surface area contributed by atoms with Gasteiger partial charge in [-0.1, -0.05) is 6.58 Å². The molecule has 0 aliphatic heterocycles. The van der Waals surface area contributed by atoms with Gasteiger partial charge in [0.15, 0.2) is 0 Å². The predicted molar refractivity (Wildman–Crippen MR) is 127 cm³/mol. The van der Waals surface area contributed by atoms with E-state index in [-0.39, 0.29) is 51.6 Å². The van der Waals surface area contributed by atoms with Crippen molar-refractivity contribution in [2.75, 3.05) is 6.61 Å². The van der Waals surface area contributed by atoms with E-state index in [0.717, 1.165) is 32.1 Å². The van der Waals surface area contributed by atoms with Crippen molar-refractivity contribution in [1.82, 2.24) is 0 Å². The molecular weight excluding hydrogens is 555 g/mol. The molecule has 5 nitrogen and oxygen atoms in total. The number of hydrogen-bond donors (Lipinski definition) is 0. The first-order valence-corrected chi connectivity index (χ1v) is 14.4. The van der Waals surface area contributed by atoms with Gasteiger partial charge in [-0.25, -0.2) is 4.79 Å². The van der Waals surface area contributed by atoms with Gasteiger partial charge in [0.05, 0.1) is 0 Å². The van der Waals surface area contributed by atoms with Crippen LogP contribution in [0.5, 0.6) is 5.75 Å². The Morgan fingerprint density at radius 1 is 0.943 bits per heavy atom. The van der Waals surface area contributed by atoms with E-state index < -0.39 is 11.2 Å². The van der Waals surface area contributed by atoms with E-state index in [1.54, 1.807) is 6.92 Å². The van der Waals surface area contributed by atoms with Crippen LogP contribution in [0.3, 0.4) is 0 Å². The van der Waals surface area contributed by atoms with Gasteiger partial charge in [0, 0.05) is 5.57 Å². The zero-order valence-corrected chi connectivity index (χ0v) is 22.5. The summed E-state index contributed by atoms with van der Waals surface area (Å²) in [7, 11) is 0. The molecule has 35 heavy (non-hydrogen) atoms. The molecule has 0 aromatic heterocycles. The van der Waals surface area contributed by atoms with Gasteiger partial charge in [-0.2, -0.15) is 0 Å². The van der Waals surface area contributed by atoms with Crippen molar-refractivity contribution < 1.29 is 45.0 Å². The van der Waals surface area contributed by atoms with Crippen molar-refractivity contribution >= 4 is 11.9 Å². The number of halogens is 1. The van der Waals surface area contributed by atoms with Gasteiger partial charge < -0.3 is 4.74 Å². The Balaban J connectivity index is 1.17. The molecule has 4 bridgehead atoms. The van der Waals surface area contributed by atoms with E-state index in [9.17, 15) is 9.59 Å². The second-order valence-electron chi connectivity index (χ2n) is 10.5. The van der Waals surface area contributed by atoms with Crippen molar-refractivity contribution in [3.8, 4) is 5.75 Å². The molecule has 2 unspecified atom stereocenters. The van der Waals surface area contributed by atoms with E-state index >= 15 is 0 Å². The van der Waals surface area contributed by atoms with Crippen molar-refractivity contribution in [3.05, 3.63) is 73.9 Å². The van der Waals surface area contributed by atoms with Crippen molar-refractivity contribution in [3.63, 3.8) is 0 Å². The summed E-state index contributed by atoms with van der Waals surface area (Å²) >= 11 is -0.228. The van der Waals surface area contributed by atoms with Crippen LogP contribution in [0.4, 0.5) is 0 Å². The van der Waals surface area contributed by atoms with Gasteiger partial charge >= 0.3 is 183 Å². The van der Waals surface area contributed by atoms with Gasteiger partial charge in [-0.3, -0.25) is 0 Å². The predicted octanol–water partition coefficient (Wildman–Crippen LogP) is 2.19. The first-order chi connectivity index (χ1) is 16.7. The summed E-state index contributed by atoms with van der Waals surface area (Å²) in [6.45, 7) is 7.38. The van der Waals surface area contributed by atoms with E-state index in [2.05, 4.69) is 49.9 Å². The van der Waals surface area contributed by atoms with Crippen LogP contribution >= 0.6 is 0 Å². The third-order valence-electron chi connectivity index (χ3n) is 7.87. The summed E-state index contributed by atoms with van der Waals surface area (Å²) in [5.74, 6) is 0.938. The normalized spacial score (nSPS) is 30.6. The molecule has 0 heterocycles. The van der Waals surface area contributed by atoms with Crippen LogP contribution in [-0.2, 0) is 19.1 Å². The van der Waals surface area contributed by atoms with Gasteiger partial charge in [0.1, 0.15) is 0 Å². The third-order valence-corrected chi connectivity index (χ3v) is 10.6. The number of rotatable bonds is 8. The number of benzene rings is 2. The maximum atomic E-state index is 12.8. The molecule has 6 heteroatoms. The summed E-state index contributed by atoms with van der Waals surface area (Å²) in [4.78, 5) is 25.1. The average molecular weight is 587 g/mol. The van der Waals surface area contributed by atoms with Crippen LogP contribution in [0.2, 0.25) is 0 Å².